The van der Waals surface area contributed by atoms with Gasteiger partial charge in [0.2, 0.25) is 0 Å². The van der Waals surface area contributed by atoms with E-state index in [1.165, 1.54) is 0 Å². The van der Waals surface area contributed by atoms with Crippen molar-refractivity contribution >= 4 is 27.1 Å². The van der Waals surface area contributed by atoms with Crippen LogP contribution in [0, 0.1) is 0 Å². The largest absolute Gasteiger partial charge is 0.383 e. The second-order valence-electron chi connectivity index (χ2n) is 3.35. The summed E-state index contributed by atoms with van der Waals surface area (Å²) in [5.41, 5.74) is 0.607. The van der Waals surface area contributed by atoms with E-state index in [-0.39, 0.29) is 4.90 Å². The molecule has 1 aromatic rings. The molecule has 0 saturated carbocycles. The standard InChI is InChI=1S/C9H10ClNO2S/c1-6-5-11-8-4-2-3-7(10)9(8)14(6,12)13/h2-4,6,11H,5H2,1H3. The summed E-state index contributed by atoms with van der Waals surface area (Å²) in [6.07, 6.45) is 0. The molecule has 1 heterocycles. The molecular weight excluding hydrogens is 222 g/mol. The zero-order valence-electron chi connectivity index (χ0n) is 7.62. The van der Waals surface area contributed by atoms with Crippen LogP contribution in [0.1, 0.15) is 6.92 Å². The molecular formula is C9H10ClNO2S. The van der Waals surface area contributed by atoms with Gasteiger partial charge >= 0.3 is 0 Å². The van der Waals surface area contributed by atoms with E-state index in [9.17, 15) is 8.42 Å². The van der Waals surface area contributed by atoms with Crippen LogP contribution in [0.3, 0.4) is 0 Å². The maximum atomic E-state index is 11.9. The third-order valence-electron chi connectivity index (χ3n) is 2.36. The van der Waals surface area contributed by atoms with Crippen LogP contribution in [-0.2, 0) is 9.84 Å². The van der Waals surface area contributed by atoms with Gasteiger partial charge in [0.25, 0.3) is 0 Å². The highest BCUT2D eigenvalue weighted by molar-refractivity contribution is 7.92. The number of sulfone groups is 1. The molecule has 1 atom stereocenters. The van der Waals surface area contributed by atoms with Crippen LogP contribution < -0.4 is 5.32 Å². The minimum absolute atomic E-state index is 0.236. The summed E-state index contributed by atoms with van der Waals surface area (Å²) in [6, 6.07) is 5.06. The zero-order chi connectivity index (χ0) is 10.3. The molecule has 3 nitrogen and oxygen atoms in total. The van der Waals surface area contributed by atoms with E-state index in [4.69, 9.17) is 11.6 Å². The van der Waals surface area contributed by atoms with Gasteiger partial charge in [-0.2, -0.15) is 0 Å². The lowest BCUT2D eigenvalue weighted by Crippen LogP contribution is -2.32. The number of fused-ring (bicyclic) bond motifs is 1. The summed E-state index contributed by atoms with van der Waals surface area (Å²) in [6.45, 7) is 2.12. The number of anilines is 1. The van der Waals surface area contributed by atoms with Crippen LogP contribution >= 0.6 is 11.6 Å². The average Bonchev–Trinajstić information content (AvgIpc) is 2.11. The first-order valence-corrected chi connectivity index (χ1v) is 6.22. The highest BCUT2D eigenvalue weighted by atomic mass is 35.5. The van der Waals surface area contributed by atoms with Crippen LogP contribution in [0.4, 0.5) is 5.69 Å². The minimum atomic E-state index is -3.25. The van der Waals surface area contributed by atoms with Crippen LogP contribution in [-0.4, -0.2) is 20.2 Å². The number of halogens is 1. The Morgan fingerprint density at radius 1 is 1.50 bits per heavy atom. The fraction of sp³-hybridized carbons (Fsp3) is 0.333. The summed E-state index contributed by atoms with van der Waals surface area (Å²) in [5, 5.41) is 2.92. The van der Waals surface area contributed by atoms with Crippen molar-refractivity contribution in [3.05, 3.63) is 23.2 Å². The Morgan fingerprint density at radius 2 is 2.21 bits per heavy atom. The zero-order valence-corrected chi connectivity index (χ0v) is 9.19. The summed E-state index contributed by atoms with van der Waals surface area (Å²) in [5.74, 6) is 0. The quantitative estimate of drug-likeness (QED) is 0.742. The van der Waals surface area contributed by atoms with Gasteiger partial charge in [-0.1, -0.05) is 17.7 Å². The fourth-order valence-electron chi connectivity index (χ4n) is 1.50. The second kappa shape index (κ2) is 3.14. The Bertz CT molecular complexity index is 470. The van der Waals surface area contributed by atoms with Gasteiger partial charge in [-0.25, -0.2) is 8.42 Å². The van der Waals surface area contributed by atoms with Gasteiger partial charge in [0, 0.05) is 6.54 Å². The molecule has 0 radical (unpaired) electrons. The van der Waals surface area contributed by atoms with E-state index in [1.807, 2.05) is 0 Å². The molecule has 0 amide bonds. The number of rotatable bonds is 0. The third-order valence-corrected chi connectivity index (χ3v) is 5.02. The van der Waals surface area contributed by atoms with E-state index in [2.05, 4.69) is 5.32 Å². The van der Waals surface area contributed by atoms with Crippen molar-refractivity contribution < 1.29 is 8.42 Å². The molecule has 1 N–H and O–H groups in total. The van der Waals surface area contributed by atoms with E-state index in [0.29, 0.717) is 17.3 Å². The maximum Gasteiger partial charge on any atom is 0.186 e. The molecule has 0 bridgehead atoms. The van der Waals surface area contributed by atoms with Gasteiger partial charge in [-0.05, 0) is 19.1 Å². The lowest BCUT2D eigenvalue weighted by atomic mass is 10.3. The van der Waals surface area contributed by atoms with Gasteiger partial charge in [-0.3, -0.25) is 0 Å². The van der Waals surface area contributed by atoms with Crippen molar-refractivity contribution in [2.24, 2.45) is 0 Å². The van der Waals surface area contributed by atoms with Crippen LogP contribution in [0.15, 0.2) is 23.1 Å². The molecule has 1 aromatic carbocycles. The fourth-order valence-corrected chi connectivity index (χ4v) is 3.49. The first-order valence-electron chi connectivity index (χ1n) is 4.30. The van der Waals surface area contributed by atoms with Crippen molar-refractivity contribution in [2.75, 3.05) is 11.9 Å². The molecule has 1 aliphatic heterocycles. The third kappa shape index (κ3) is 1.29. The van der Waals surface area contributed by atoms with Crippen molar-refractivity contribution in [1.29, 1.82) is 0 Å². The van der Waals surface area contributed by atoms with Crippen LogP contribution in [0.2, 0.25) is 5.02 Å². The van der Waals surface area contributed by atoms with Crippen molar-refractivity contribution in [1.82, 2.24) is 0 Å². The smallest absolute Gasteiger partial charge is 0.186 e. The summed E-state index contributed by atoms with van der Waals surface area (Å²) >= 11 is 5.87. The lowest BCUT2D eigenvalue weighted by molar-refractivity contribution is 0.582. The van der Waals surface area contributed by atoms with Gasteiger partial charge in [0.1, 0.15) is 4.90 Å². The average molecular weight is 232 g/mol. The summed E-state index contributed by atoms with van der Waals surface area (Å²) < 4.78 is 23.8. The first kappa shape index (κ1) is 9.80. The Balaban J connectivity index is 2.74. The summed E-state index contributed by atoms with van der Waals surface area (Å²) in [7, 11) is -3.25. The Hall–Kier alpha value is -0.740. The first-order chi connectivity index (χ1) is 6.53. The van der Waals surface area contributed by atoms with E-state index in [1.54, 1.807) is 25.1 Å². The Labute approximate surface area is 88.0 Å². The number of benzene rings is 1. The van der Waals surface area contributed by atoms with Gasteiger partial charge < -0.3 is 5.32 Å². The van der Waals surface area contributed by atoms with E-state index in [0.717, 1.165) is 0 Å². The maximum absolute atomic E-state index is 11.9. The monoisotopic (exact) mass is 231 g/mol. The topological polar surface area (TPSA) is 46.2 Å². The van der Waals surface area contributed by atoms with Crippen LogP contribution in [0.5, 0.6) is 0 Å². The summed E-state index contributed by atoms with van der Waals surface area (Å²) in [4.78, 5) is 0.236. The van der Waals surface area contributed by atoms with Gasteiger partial charge in [0.05, 0.1) is 16.0 Å². The lowest BCUT2D eigenvalue weighted by Gasteiger charge is -2.24. The molecule has 5 heteroatoms. The minimum Gasteiger partial charge on any atom is -0.383 e. The molecule has 14 heavy (non-hydrogen) atoms. The van der Waals surface area contributed by atoms with Crippen LogP contribution in [0.25, 0.3) is 0 Å². The van der Waals surface area contributed by atoms with Crippen molar-refractivity contribution in [2.45, 2.75) is 17.1 Å². The molecule has 0 fully saturated rings. The predicted octanol–water partition coefficient (Wildman–Crippen LogP) is 1.93. The Kier molecular flexibility index (Phi) is 2.20. The molecule has 1 unspecified atom stereocenters. The van der Waals surface area contributed by atoms with E-state index < -0.39 is 15.1 Å². The predicted molar refractivity (Wildman–Crippen MR) is 56.6 cm³/mol. The van der Waals surface area contributed by atoms with Gasteiger partial charge in [-0.15, -0.1) is 0 Å². The molecule has 2 rings (SSSR count). The highest BCUT2D eigenvalue weighted by Gasteiger charge is 2.32. The van der Waals surface area contributed by atoms with Gasteiger partial charge in [0.15, 0.2) is 9.84 Å². The number of nitrogens with one attached hydrogen (secondary N) is 1. The normalized spacial score (nSPS) is 23.7. The molecule has 76 valence electrons. The highest BCUT2D eigenvalue weighted by Crippen LogP contribution is 2.34. The van der Waals surface area contributed by atoms with Crippen molar-refractivity contribution in [3.8, 4) is 0 Å². The molecule has 0 aliphatic carbocycles. The van der Waals surface area contributed by atoms with E-state index >= 15 is 0 Å². The number of hydrogen-bond donors (Lipinski definition) is 1. The SMILES string of the molecule is CC1CNc2cccc(Cl)c2S1(=O)=O. The Morgan fingerprint density at radius 3 is 2.93 bits per heavy atom. The van der Waals surface area contributed by atoms with Crippen molar-refractivity contribution in [3.63, 3.8) is 0 Å². The second-order valence-corrected chi connectivity index (χ2v) is 6.06. The molecule has 0 aromatic heterocycles. The molecule has 0 spiro atoms. The molecule has 0 saturated heterocycles. The molecule has 1 aliphatic rings. The number of hydrogen-bond acceptors (Lipinski definition) is 3.